The molecular weight excluding hydrogens is 422 g/mol. The predicted molar refractivity (Wildman–Crippen MR) is 111 cm³/mol. The minimum Gasteiger partial charge on any atom is -0.323 e. The van der Waals surface area contributed by atoms with Crippen LogP contribution < -0.4 is 0 Å². The fourth-order valence-corrected chi connectivity index (χ4v) is 9.07. The average Bonchev–Trinajstić information content (AvgIpc) is 2.69. The van der Waals surface area contributed by atoms with Crippen molar-refractivity contribution in [3.05, 3.63) is 0 Å². The molecule has 0 aromatic rings. The average molecular weight is 457 g/mol. The molecule has 0 aromatic carbocycles. The largest absolute Gasteiger partial charge is 0.361 e. The third-order valence-electron chi connectivity index (χ3n) is 6.08. The fourth-order valence-electron chi connectivity index (χ4n) is 4.49. The molecule has 0 spiro atoms. The zero-order valence-corrected chi connectivity index (χ0v) is 19.2. The molecule has 1 N–H and O–H groups in total. The van der Waals surface area contributed by atoms with Gasteiger partial charge in [-0.2, -0.15) is 0 Å². The Bertz CT molecular complexity index is 547. The molecule has 3 saturated carbocycles. The van der Waals surface area contributed by atoms with E-state index < -0.39 is 20.1 Å². The van der Waals surface area contributed by atoms with Crippen molar-refractivity contribution in [2.45, 2.75) is 119 Å². The van der Waals surface area contributed by atoms with Crippen molar-refractivity contribution in [3.8, 4) is 0 Å². The molecule has 0 radical (unpaired) electrons. The van der Waals surface area contributed by atoms with Gasteiger partial charge in [-0.15, -0.1) is 0 Å². The first-order chi connectivity index (χ1) is 13.4. The molecule has 9 heteroatoms. The van der Waals surface area contributed by atoms with Crippen LogP contribution in [0.5, 0.6) is 0 Å². The van der Waals surface area contributed by atoms with E-state index in [0.29, 0.717) is 0 Å². The molecule has 0 bridgehead atoms. The summed E-state index contributed by atoms with van der Waals surface area (Å²) >= 11 is 6.39. The molecule has 0 amide bonds. The zero-order chi connectivity index (χ0) is 20.0. The maximum Gasteiger partial charge on any atom is 0.361 e. The molecule has 2 atom stereocenters. The van der Waals surface area contributed by atoms with E-state index in [9.17, 15) is 14.0 Å². The van der Waals surface area contributed by atoms with Crippen LogP contribution in [-0.4, -0.2) is 28.1 Å². The van der Waals surface area contributed by atoms with Gasteiger partial charge < -0.3 is 18.5 Å². The number of alkyl halides is 1. The number of hydrogen-bond acceptors (Lipinski definition) is 5. The minimum absolute atomic E-state index is 0.237. The monoisotopic (exact) mass is 456 g/mol. The summed E-state index contributed by atoms with van der Waals surface area (Å²) in [5.74, 6) is 0. The van der Waals surface area contributed by atoms with E-state index in [1.807, 2.05) is 0 Å². The van der Waals surface area contributed by atoms with E-state index in [4.69, 9.17) is 25.2 Å². The van der Waals surface area contributed by atoms with E-state index in [-0.39, 0.29) is 18.3 Å². The lowest BCUT2D eigenvalue weighted by molar-refractivity contribution is 0.0777. The molecule has 3 aliphatic carbocycles. The van der Waals surface area contributed by atoms with Crippen molar-refractivity contribution >= 4 is 26.8 Å². The van der Waals surface area contributed by atoms with Crippen LogP contribution in [0, 0.1) is 0 Å². The highest BCUT2D eigenvalue weighted by molar-refractivity contribution is 7.75. The van der Waals surface area contributed by atoms with E-state index in [1.165, 1.54) is 0 Å². The first-order valence-electron chi connectivity index (χ1n) is 11.0. The van der Waals surface area contributed by atoms with Crippen LogP contribution in [0.15, 0.2) is 0 Å². The van der Waals surface area contributed by atoms with Crippen molar-refractivity contribution in [3.63, 3.8) is 0 Å². The van der Waals surface area contributed by atoms with E-state index >= 15 is 0 Å². The topological polar surface area (TPSA) is 82.1 Å². The van der Waals surface area contributed by atoms with Gasteiger partial charge in [0.05, 0.1) is 18.3 Å². The SMILES string of the molecule is O=P(O)(OC1CCCCC1)C(Cl)P(=O)(OC1CCCCC1)OC1CCCCC1. The van der Waals surface area contributed by atoms with Gasteiger partial charge in [-0.3, -0.25) is 9.13 Å². The van der Waals surface area contributed by atoms with Crippen molar-refractivity contribution in [1.29, 1.82) is 0 Å². The van der Waals surface area contributed by atoms with Crippen molar-refractivity contribution in [1.82, 2.24) is 0 Å². The molecule has 164 valence electrons. The van der Waals surface area contributed by atoms with Gasteiger partial charge in [-0.25, -0.2) is 0 Å². The van der Waals surface area contributed by atoms with Gasteiger partial charge in [-0.1, -0.05) is 69.4 Å². The van der Waals surface area contributed by atoms with Gasteiger partial charge in [0.15, 0.2) is 0 Å². The third-order valence-corrected chi connectivity index (χ3v) is 12.1. The maximum atomic E-state index is 13.7. The minimum atomic E-state index is -4.36. The maximum absolute atomic E-state index is 13.7. The molecule has 3 rings (SSSR count). The quantitative estimate of drug-likeness (QED) is 0.315. The summed E-state index contributed by atoms with van der Waals surface area (Å²) in [5.41, 5.74) is 0. The molecule has 0 aliphatic heterocycles. The van der Waals surface area contributed by atoms with Crippen molar-refractivity contribution in [2.75, 3.05) is 0 Å². The van der Waals surface area contributed by atoms with Gasteiger partial charge in [-0.05, 0) is 38.5 Å². The standard InChI is InChI=1S/C19H35ClO6P2/c20-19(27(21,22)24-16-10-4-1-5-11-16)28(23,25-17-12-6-2-7-13-17)26-18-14-8-3-9-15-18/h16-19H,1-15H2,(H,21,22). The number of rotatable bonds is 8. The molecule has 3 fully saturated rings. The Morgan fingerprint density at radius 3 is 1.32 bits per heavy atom. The Morgan fingerprint density at radius 2 is 0.964 bits per heavy atom. The summed E-state index contributed by atoms with van der Waals surface area (Å²) in [4.78, 5) is 8.92. The van der Waals surface area contributed by atoms with E-state index in [2.05, 4.69) is 0 Å². The molecule has 2 unspecified atom stereocenters. The second kappa shape index (κ2) is 10.8. The Kier molecular flexibility index (Phi) is 8.93. The second-order valence-corrected chi connectivity index (χ2v) is 13.8. The Hall–Kier alpha value is 0.590. The van der Waals surface area contributed by atoms with Gasteiger partial charge in [0.1, 0.15) is 0 Å². The predicted octanol–water partition coefficient (Wildman–Crippen LogP) is 6.94. The molecule has 28 heavy (non-hydrogen) atoms. The van der Waals surface area contributed by atoms with E-state index in [1.54, 1.807) is 0 Å². The van der Waals surface area contributed by atoms with E-state index in [0.717, 1.165) is 96.3 Å². The summed E-state index contributed by atoms with van der Waals surface area (Å²) in [6.07, 6.45) is 13.1. The smallest absolute Gasteiger partial charge is 0.323 e. The van der Waals surface area contributed by atoms with Gasteiger partial charge in [0.2, 0.25) is 4.86 Å². The first-order valence-corrected chi connectivity index (χ1v) is 14.7. The number of halogens is 1. The summed E-state index contributed by atoms with van der Waals surface area (Å²) in [5, 5.41) is 0. The van der Waals surface area contributed by atoms with Crippen LogP contribution in [0.1, 0.15) is 96.3 Å². The van der Waals surface area contributed by atoms with Crippen LogP contribution in [0.3, 0.4) is 0 Å². The van der Waals surface area contributed by atoms with Crippen molar-refractivity contribution < 1.29 is 27.6 Å². The summed E-state index contributed by atoms with van der Waals surface area (Å²) in [6.45, 7) is 0. The third kappa shape index (κ3) is 6.54. The Labute approximate surface area is 174 Å². The molecular formula is C19H35ClO6P2. The van der Waals surface area contributed by atoms with Crippen LogP contribution in [0.4, 0.5) is 0 Å². The van der Waals surface area contributed by atoms with Gasteiger partial charge in [0, 0.05) is 0 Å². The Morgan fingerprint density at radius 1 is 0.643 bits per heavy atom. The Balaban J connectivity index is 1.72. The lowest BCUT2D eigenvalue weighted by Crippen LogP contribution is -2.25. The van der Waals surface area contributed by atoms with Crippen LogP contribution in [0.25, 0.3) is 0 Å². The lowest BCUT2D eigenvalue weighted by Gasteiger charge is -2.35. The van der Waals surface area contributed by atoms with Gasteiger partial charge >= 0.3 is 15.2 Å². The molecule has 6 nitrogen and oxygen atoms in total. The number of hydrogen-bond donors (Lipinski definition) is 1. The molecule has 0 heterocycles. The highest BCUT2D eigenvalue weighted by Crippen LogP contribution is 2.72. The van der Waals surface area contributed by atoms with Crippen molar-refractivity contribution in [2.24, 2.45) is 0 Å². The summed E-state index contributed by atoms with van der Waals surface area (Å²) in [7, 11) is -8.37. The van der Waals surface area contributed by atoms with Crippen LogP contribution >= 0.6 is 26.8 Å². The van der Waals surface area contributed by atoms with Gasteiger partial charge in [0.25, 0.3) is 0 Å². The highest BCUT2D eigenvalue weighted by Gasteiger charge is 2.51. The second-order valence-electron chi connectivity index (χ2n) is 8.51. The first kappa shape index (κ1) is 23.3. The molecule has 0 aromatic heterocycles. The highest BCUT2D eigenvalue weighted by atomic mass is 35.5. The normalized spacial score (nSPS) is 27.4. The summed E-state index contributed by atoms with van der Waals surface area (Å²) in [6, 6.07) is 0. The fraction of sp³-hybridized carbons (Fsp3) is 1.00. The zero-order valence-electron chi connectivity index (χ0n) is 16.7. The lowest BCUT2D eigenvalue weighted by atomic mass is 9.98. The molecule has 3 aliphatic rings. The molecule has 0 saturated heterocycles. The van der Waals surface area contributed by atoms with Crippen LogP contribution in [-0.2, 0) is 22.7 Å². The summed E-state index contributed by atoms with van der Waals surface area (Å²) < 4.78 is 44.1. The van der Waals surface area contributed by atoms with Crippen LogP contribution in [0.2, 0.25) is 0 Å².